The number of nitriles is 1. The molecule has 0 atom stereocenters. The van der Waals surface area contributed by atoms with Gasteiger partial charge in [-0.15, -0.1) is 0 Å². The number of hydrogen-bond acceptors (Lipinski definition) is 3. The Kier molecular flexibility index (Phi) is 5.10. The van der Waals surface area contributed by atoms with Crippen LogP contribution in [-0.4, -0.2) is 23.3 Å². The Bertz CT molecular complexity index is 822. The fourth-order valence-corrected chi connectivity index (χ4v) is 2.89. The van der Waals surface area contributed by atoms with Gasteiger partial charge in [-0.3, -0.25) is 9.59 Å². The topological polar surface area (TPSA) is 73.2 Å². The lowest BCUT2D eigenvalue weighted by Gasteiger charge is -2.15. The van der Waals surface area contributed by atoms with E-state index in [9.17, 15) is 9.59 Å². The van der Waals surface area contributed by atoms with Crippen LogP contribution >= 0.6 is 0 Å². The zero-order valence-electron chi connectivity index (χ0n) is 13.9. The van der Waals surface area contributed by atoms with Crippen molar-refractivity contribution in [2.24, 2.45) is 0 Å². The molecule has 1 saturated heterocycles. The van der Waals surface area contributed by atoms with Gasteiger partial charge in [0, 0.05) is 31.6 Å². The second-order valence-corrected chi connectivity index (χ2v) is 6.11. The van der Waals surface area contributed by atoms with Crippen molar-refractivity contribution in [3.8, 4) is 6.07 Å². The van der Waals surface area contributed by atoms with Crippen molar-refractivity contribution in [3.63, 3.8) is 0 Å². The summed E-state index contributed by atoms with van der Waals surface area (Å²) in [5.74, 6) is 0.0348. The fourth-order valence-electron chi connectivity index (χ4n) is 2.89. The van der Waals surface area contributed by atoms with E-state index < -0.39 is 0 Å². The fraction of sp³-hybridized carbons (Fsp3) is 0.250. The molecule has 0 unspecified atom stereocenters. The van der Waals surface area contributed by atoms with Crippen LogP contribution in [0.15, 0.2) is 48.5 Å². The van der Waals surface area contributed by atoms with Gasteiger partial charge in [-0.1, -0.05) is 24.3 Å². The minimum absolute atomic E-state index is 0.161. The lowest BCUT2D eigenvalue weighted by Crippen LogP contribution is -2.24. The number of nitrogens with zero attached hydrogens (tertiary/aromatic N) is 2. The first-order chi connectivity index (χ1) is 12.2. The smallest absolute Gasteiger partial charge is 0.251 e. The molecule has 1 aliphatic heterocycles. The maximum Gasteiger partial charge on any atom is 0.251 e. The lowest BCUT2D eigenvalue weighted by atomic mass is 10.1. The van der Waals surface area contributed by atoms with Crippen LogP contribution in [0.25, 0.3) is 0 Å². The van der Waals surface area contributed by atoms with Crippen LogP contribution in [0.3, 0.4) is 0 Å². The average Bonchev–Trinajstić information content (AvgIpc) is 3.05. The summed E-state index contributed by atoms with van der Waals surface area (Å²) in [6, 6.07) is 16.6. The van der Waals surface area contributed by atoms with Gasteiger partial charge in [0.15, 0.2) is 0 Å². The second-order valence-electron chi connectivity index (χ2n) is 6.11. The number of hydrogen-bond donors (Lipinski definition) is 1. The number of benzene rings is 2. The van der Waals surface area contributed by atoms with Crippen LogP contribution in [0.2, 0.25) is 0 Å². The van der Waals surface area contributed by atoms with E-state index in [-0.39, 0.29) is 11.8 Å². The predicted octanol–water partition coefficient (Wildman–Crippen LogP) is 2.61. The number of carbonyl (C=O) groups excluding carboxylic acids is 2. The summed E-state index contributed by atoms with van der Waals surface area (Å²) in [5.41, 5.74) is 3.06. The van der Waals surface area contributed by atoms with Crippen molar-refractivity contribution in [2.45, 2.75) is 25.9 Å². The van der Waals surface area contributed by atoms with Crippen molar-refractivity contribution in [3.05, 3.63) is 70.8 Å². The van der Waals surface area contributed by atoms with E-state index in [1.54, 1.807) is 30.3 Å². The molecule has 0 aromatic heterocycles. The monoisotopic (exact) mass is 333 g/mol. The second kappa shape index (κ2) is 7.63. The van der Waals surface area contributed by atoms with E-state index in [4.69, 9.17) is 5.26 Å². The van der Waals surface area contributed by atoms with Crippen molar-refractivity contribution in [1.82, 2.24) is 10.2 Å². The Morgan fingerprint density at radius 1 is 1.16 bits per heavy atom. The first-order valence-corrected chi connectivity index (χ1v) is 8.29. The Morgan fingerprint density at radius 3 is 2.64 bits per heavy atom. The van der Waals surface area contributed by atoms with E-state index in [1.807, 2.05) is 23.1 Å². The Labute approximate surface area is 146 Å². The van der Waals surface area contributed by atoms with Crippen molar-refractivity contribution in [2.75, 3.05) is 6.54 Å². The van der Waals surface area contributed by atoms with Gasteiger partial charge < -0.3 is 10.2 Å². The predicted molar refractivity (Wildman–Crippen MR) is 93.4 cm³/mol. The molecule has 0 radical (unpaired) electrons. The van der Waals surface area contributed by atoms with Gasteiger partial charge in [-0.2, -0.15) is 5.26 Å². The molecule has 0 spiro atoms. The molecule has 1 fully saturated rings. The highest BCUT2D eigenvalue weighted by Gasteiger charge is 2.19. The summed E-state index contributed by atoms with van der Waals surface area (Å²) >= 11 is 0. The number of rotatable bonds is 5. The van der Waals surface area contributed by atoms with Gasteiger partial charge in [-0.05, 0) is 41.8 Å². The molecular weight excluding hydrogens is 314 g/mol. The SMILES string of the molecule is N#Cc1cccc(CNC(=O)c2ccc(CN3CCCC3=O)cc2)c1. The lowest BCUT2D eigenvalue weighted by molar-refractivity contribution is -0.128. The molecule has 5 heteroatoms. The average molecular weight is 333 g/mol. The molecule has 1 aliphatic rings. The van der Waals surface area contributed by atoms with Gasteiger partial charge in [0.1, 0.15) is 0 Å². The molecule has 126 valence electrons. The molecular formula is C20H19N3O2. The van der Waals surface area contributed by atoms with Gasteiger partial charge in [0.25, 0.3) is 5.91 Å². The third-order valence-corrected chi connectivity index (χ3v) is 4.27. The highest BCUT2D eigenvalue weighted by molar-refractivity contribution is 5.94. The molecule has 1 heterocycles. The first-order valence-electron chi connectivity index (χ1n) is 8.29. The molecule has 2 amide bonds. The van der Waals surface area contributed by atoms with E-state index in [0.29, 0.717) is 30.6 Å². The Morgan fingerprint density at radius 2 is 1.96 bits per heavy atom. The summed E-state index contributed by atoms with van der Waals surface area (Å²) in [7, 11) is 0. The van der Waals surface area contributed by atoms with Gasteiger partial charge >= 0.3 is 0 Å². The van der Waals surface area contributed by atoms with Crippen LogP contribution in [-0.2, 0) is 17.9 Å². The summed E-state index contributed by atoms with van der Waals surface area (Å²) in [5, 5.41) is 11.8. The molecule has 25 heavy (non-hydrogen) atoms. The van der Waals surface area contributed by atoms with Crippen molar-refractivity contribution < 1.29 is 9.59 Å². The quantitative estimate of drug-likeness (QED) is 0.914. The molecule has 0 bridgehead atoms. The van der Waals surface area contributed by atoms with Crippen LogP contribution in [0, 0.1) is 11.3 Å². The van der Waals surface area contributed by atoms with Gasteiger partial charge in [-0.25, -0.2) is 0 Å². The van der Waals surface area contributed by atoms with E-state index in [2.05, 4.69) is 11.4 Å². The third-order valence-electron chi connectivity index (χ3n) is 4.27. The molecule has 0 aliphatic carbocycles. The summed E-state index contributed by atoms with van der Waals surface area (Å²) in [4.78, 5) is 25.7. The normalized spacial score (nSPS) is 13.6. The highest BCUT2D eigenvalue weighted by Crippen LogP contribution is 2.15. The molecule has 2 aromatic rings. The van der Waals surface area contributed by atoms with Crippen LogP contribution < -0.4 is 5.32 Å². The maximum absolute atomic E-state index is 12.2. The Hall–Kier alpha value is -3.13. The zero-order valence-corrected chi connectivity index (χ0v) is 13.9. The zero-order chi connectivity index (χ0) is 17.6. The molecule has 5 nitrogen and oxygen atoms in total. The largest absolute Gasteiger partial charge is 0.348 e. The number of likely N-dealkylation sites (tertiary alicyclic amines) is 1. The summed E-state index contributed by atoms with van der Waals surface area (Å²) in [6.07, 6.45) is 1.56. The molecule has 2 aromatic carbocycles. The number of carbonyl (C=O) groups is 2. The minimum atomic E-state index is -0.161. The minimum Gasteiger partial charge on any atom is -0.348 e. The van der Waals surface area contributed by atoms with E-state index >= 15 is 0 Å². The number of nitrogens with one attached hydrogen (secondary N) is 1. The molecule has 0 saturated carbocycles. The summed E-state index contributed by atoms with van der Waals surface area (Å²) < 4.78 is 0. The molecule has 3 rings (SSSR count). The number of amides is 2. The van der Waals surface area contributed by atoms with Gasteiger partial charge in [0.2, 0.25) is 5.91 Å². The van der Waals surface area contributed by atoms with Crippen LogP contribution in [0.4, 0.5) is 0 Å². The van der Waals surface area contributed by atoms with Crippen LogP contribution in [0.1, 0.15) is 39.9 Å². The van der Waals surface area contributed by atoms with E-state index in [0.717, 1.165) is 24.1 Å². The molecule has 1 N–H and O–H groups in total. The standard InChI is InChI=1S/C20H19N3O2/c21-12-16-3-1-4-17(11-16)13-22-20(25)18-8-6-15(7-9-18)14-23-10-2-5-19(23)24/h1,3-4,6-9,11H,2,5,10,13-14H2,(H,22,25). The summed E-state index contributed by atoms with van der Waals surface area (Å²) in [6.45, 7) is 1.78. The van der Waals surface area contributed by atoms with Crippen molar-refractivity contribution in [1.29, 1.82) is 5.26 Å². The third kappa shape index (κ3) is 4.24. The Balaban J connectivity index is 1.57. The highest BCUT2D eigenvalue weighted by atomic mass is 16.2. The van der Waals surface area contributed by atoms with Crippen LogP contribution in [0.5, 0.6) is 0 Å². The van der Waals surface area contributed by atoms with Crippen molar-refractivity contribution >= 4 is 11.8 Å². The maximum atomic E-state index is 12.2. The van der Waals surface area contributed by atoms with Gasteiger partial charge in [0.05, 0.1) is 11.6 Å². The van der Waals surface area contributed by atoms with E-state index in [1.165, 1.54) is 0 Å². The first kappa shape index (κ1) is 16.7.